The lowest BCUT2D eigenvalue weighted by molar-refractivity contribution is -0.113. The maximum absolute atomic E-state index is 13.2. The van der Waals surface area contributed by atoms with Gasteiger partial charge in [0.25, 0.3) is 5.56 Å². The van der Waals surface area contributed by atoms with Crippen LogP contribution < -0.4 is 16.6 Å². The van der Waals surface area contributed by atoms with E-state index in [1.54, 1.807) is 28.1 Å². The molecule has 0 saturated heterocycles. The van der Waals surface area contributed by atoms with E-state index in [0.717, 1.165) is 21.3 Å². The van der Waals surface area contributed by atoms with Crippen LogP contribution in [-0.4, -0.2) is 40.0 Å². The van der Waals surface area contributed by atoms with Gasteiger partial charge in [-0.2, -0.15) is 0 Å². The third kappa shape index (κ3) is 4.44. The second-order valence-electron chi connectivity index (χ2n) is 8.84. The number of fused-ring (bicyclic) bond motifs is 3. The summed E-state index contributed by atoms with van der Waals surface area (Å²) in [5.74, 6) is 0.246. The van der Waals surface area contributed by atoms with Crippen molar-refractivity contribution in [2.75, 3.05) is 11.1 Å². The van der Waals surface area contributed by atoms with Crippen LogP contribution in [0, 0.1) is 13.8 Å². The summed E-state index contributed by atoms with van der Waals surface area (Å²) >= 11 is 7.21. The monoisotopic (exact) mass is 537 g/mol. The first-order chi connectivity index (χ1) is 17.7. The number of rotatable bonds is 6. The molecule has 5 aromatic rings. The number of nitrogens with one attached hydrogen (secondary N) is 1. The minimum absolute atomic E-state index is 0.0658. The Morgan fingerprint density at radius 1 is 1.00 bits per heavy atom. The van der Waals surface area contributed by atoms with Gasteiger partial charge in [-0.25, -0.2) is 9.20 Å². The quantitative estimate of drug-likeness (QED) is 0.333. The van der Waals surface area contributed by atoms with Crippen molar-refractivity contribution in [3.8, 4) is 0 Å². The van der Waals surface area contributed by atoms with Gasteiger partial charge in [-0.1, -0.05) is 41.6 Å². The number of imidazole rings is 1. The smallest absolute Gasteiger partial charge is 0.325 e. The number of halogens is 1. The summed E-state index contributed by atoms with van der Waals surface area (Å²) in [5, 5.41) is 12.5. The van der Waals surface area contributed by atoms with Gasteiger partial charge in [0.05, 0.1) is 12.3 Å². The topological polar surface area (TPSA) is 108 Å². The molecule has 12 heteroatoms. The molecule has 37 heavy (non-hydrogen) atoms. The van der Waals surface area contributed by atoms with Gasteiger partial charge < -0.3 is 5.32 Å². The molecule has 0 aliphatic carbocycles. The van der Waals surface area contributed by atoms with E-state index in [0.29, 0.717) is 39.4 Å². The average molecular weight is 538 g/mol. The third-order valence-electron chi connectivity index (χ3n) is 6.33. The molecule has 1 amide bonds. The van der Waals surface area contributed by atoms with E-state index < -0.39 is 11.2 Å². The molecule has 2 aromatic carbocycles. The van der Waals surface area contributed by atoms with Gasteiger partial charge >= 0.3 is 5.69 Å². The van der Waals surface area contributed by atoms with Crippen molar-refractivity contribution >= 4 is 51.9 Å². The molecule has 0 spiro atoms. The Balaban J connectivity index is 1.55. The van der Waals surface area contributed by atoms with E-state index in [1.165, 1.54) is 23.4 Å². The lowest BCUT2D eigenvalue weighted by Gasteiger charge is -2.08. The molecule has 3 heterocycles. The van der Waals surface area contributed by atoms with Crippen molar-refractivity contribution in [2.24, 2.45) is 14.1 Å². The van der Waals surface area contributed by atoms with Crippen molar-refractivity contribution in [1.82, 2.24) is 28.3 Å². The van der Waals surface area contributed by atoms with E-state index in [1.807, 2.05) is 44.2 Å². The number of thioether (sulfide) groups is 1. The van der Waals surface area contributed by atoms with Crippen LogP contribution in [0.15, 0.2) is 57.2 Å². The molecule has 0 fully saturated rings. The number of anilines is 1. The van der Waals surface area contributed by atoms with Crippen LogP contribution in [0.4, 0.5) is 5.69 Å². The number of benzene rings is 2. The Morgan fingerprint density at radius 3 is 2.43 bits per heavy atom. The van der Waals surface area contributed by atoms with E-state index in [9.17, 15) is 14.4 Å². The molecule has 190 valence electrons. The summed E-state index contributed by atoms with van der Waals surface area (Å²) in [4.78, 5) is 38.7. The first kappa shape index (κ1) is 24.8. The van der Waals surface area contributed by atoms with Crippen molar-refractivity contribution in [2.45, 2.75) is 25.5 Å². The molecule has 0 saturated carbocycles. The highest BCUT2D eigenvalue weighted by Crippen LogP contribution is 2.25. The molecule has 3 aromatic heterocycles. The molecule has 0 aliphatic rings. The number of nitrogens with zero attached hydrogens (tertiary/aromatic N) is 6. The van der Waals surface area contributed by atoms with Gasteiger partial charge in [-0.3, -0.25) is 23.3 Å². The number of amides is 1. The first-order valence-corrected chi connectivity index (χ1v) is 12.8. The fraction of sp³-hybridized carbons (Fsp3) is 0.240. The predicted molar refractivity (Wildman–Crippen MR) is 145 cm³/mol. The van der Waals surface area contributed by atoms with Gasteiger partial charge in [0, 0.05) is 24.8 Å². The van der Waals surface area contributed by atoms with Gasteiger partial charge in [0.1, 0.15) is 0 Å². The van der Waals surface area contributed by atoms with Gasteiger partial charge in [-0.15, -0.1) is 10.2 Å². The van der Waals surface area contributed by atoms with Crippen molar-refractivity contribution in [3.05, 3.63) is 85.0 Å². The lowest BCUT2D eigenvalue weighted by Crippen LogP contribution is -2.37. The molecule has 1 N–H and O–H groups in total. The maximum Gasteiger partial charge on any atom is 0.332 e. The van der Waals surface area contributed by atoms with Gasteiger partial charge in [0.15, 0.2) is 16.3 Å². The first-order valence-electron chi connectivity index (χ1n) is 11.4. The average Bonchev–Trinajstić information content (AvgIpc) is 3.42. The molecule has 0 unspecified atom stereocenters. The molecule has 0 aliphatic heterocycles. The Labute approximate surface area is 220 Å². The van der Waals surface area contributed by atoms with E-state index in [2.05, 4.69) is 15.5 Å². The standard InChI is InChI=1S/C25H24ClN7O3S/c1-14-5-10-18(11-15(14)2)27-19(34)13-37-24-29-28-23-32(12-16-6-8-17(26)9-7-16)20-21(33(23)24)30(3)25(36)31(4)22(20)35/h5-11H,12-13H2,1-4H3,(H,27,34). The predicted octanol–water partition coefficient (Wildman–Crippen LogP) is 3.13. The summed E-state index contributed by atoms with van der Waals surface area (Å²) in [6.45, 7) is 4.31. The Morgan fingerprint density at radius 2 is 1.73 bits per heavy atom. The number of carbonyl (C=O) groups excluding carboxylic acids is 1. The highest BCUT2D eigenvalue weighted by atomic mass is 35.5. The fourth-order valence-corrected chi connectivity index (χ4v) is 5.05. The van der Waals surface area contributed by atoms with Crippen LogP contribution in [-0.2, 0) is 25.4 Å². The second-order valence-corrected chi connectivity index (χ2v) is 10.2. The molecular weight excluding hydrogens is 514 g/mol. The summed E-state index contributed by atoms with van der Waals surface area (Å²) in [6, 6.07) is 13.0. The van der Waals surface area contributed by atoms with Crippen molar-refractivity contribution in [3.63, 3.8) is 0 Å². The zero-order valence-corrected chi connectivity index (χ0v) is 22.2. The number of hydrogen-bond donors (Lipinski definition) is 1. The molecule has 5 rings (SSSR count). The third-order valence-corrected chi connectivity index (χ3v) is 7.51. The van der Waals surface area contributed by atoms with Crippen molar-refractivity contribution < 1.29 is 4.79 Å². The number of aromatic nitrogens is 6. The largest absolute Gasteiger partial charge is 0.332 e. The maximum atomic E-state index is 13.2. The summed E-state index contributed by atoms with van der Waals surface area (Å²) in [5.41, 5.74) is 3.59. The lowest BCUT2D eigenvalue weighted by atomic mass is 10.1. The minimum Gasteiger partial charge on any atom is -0.325 e. The van der Waals surface area contributed by atoms with Crippen LogP contribution in [0.3, 0.4) is 0 Å². The molecule has 10 nitrogen and oxygen atoms in total. The van der Waals surface area contributed by atoms with Crippen LogP contribution in [0.2, 0.25) is 5.02 Å². The van der Waals surface area contributed by atoms with E-state index in [4.69, 9.17) is 11.6 Å². The highest BCUT2D eigenvalue weighted by molar-refractivity contribution is 7.99. The Kier molecular flexibility index (Phi) is 6.42. The zero-order chi connectivity index (χ0) is 26.4. The van der Waals surface area contributed by atoms with Crippen LogP contribution in [0.1, 0.15) is 16.7 Å². The fourth-order valence-electron chi connectivity index (χ4n) is 4.19. The van der Waals surface area contributed by atoms with Crippen LogP contribution in [0.25, 0.3) is 16.9 Å². The zero-order valence-electron chi connectivity index (χ0n) is 20.6. The number of aryl methyl sites for hydroxylation is 3. The van der Waals surface area contributed by atoms with E-state index >= 15 is 0 Å². The summed E-state index contributed by atoms with van der Waals surface area (Å²) < 4.78 is 5.84. The SMILES string of the molecule is Cc1ccc(NC(=O)CSc2nnc3n(Cc4ccc(Cl)cc4)c4c(=O)n(C)c(=O)n(C)c4n23)cc1C. The number of hydrogen-bond acceptors (Lipinski definition) is 6. The summed E-state index contributed by atoms with van der Waals surface area (Å²) in [6.07, 6.45) is 0. The van der Waals surface area contributed by atoms with Gasteiger partial charge in [0.2, 0.25) is 11.7 Å². The van der Waals surface area contributed by atoms with Crippen molar-refractivity contribution in [1.29, 1.82) is 0 Å². The second kappa shape index (κ2) is 9.56. The van der Waals surface area contributed by atoms with Gasteiger partial charge in [-0.05, 0) is 54.8 Å². The number of carbonyl (C=O) groups is 1. The van der Waals surface area contributed by atoms with Crippen LogP contribution >= 0.6 is 23.4 Å². The Bertz CT molecular complexity index is 1800. The Hall–Kier alpha value is -3.83. The molecular formula is C25H24ClN7O3S. The molecule has 0 radical (unpaired) electrons. The van der Waals surface area contributed by atoms with Crippen LogP contribution in [0.5, 0.6) is 0 Å². The minimum atomic E-state index is -0.472. The van der Waals surface area contributed by atoms with E-state index in [-0.39, 0.29) is 11.7 Å². The molecule has 0 atom stereocenters. The molecule has 0 bridgehead atoms. The summed E-state index contributed by atoms with van der Waals surface area (Å²) in [7, 11) is 3.04. The highest BCUT2D eigenvalue weighted by Gasteiger charge is 2.24. The normalized spacial score (nSPS) is 11.5.